The fourth-order valence-electron chi connectivity index (χ4n) is 3.11. The Labute approximate surface area is 164 Å². The first-order valence-corrected chi connectivity index (χ1v) is 10.2. The van der Waals surface area contributed by atoms with Crippen molar-refractivity contribution >= 4 is 23.5 Å². The van der Waals surface area contributed by atoms with E-state index in [9.17, 15) is 9.59 Å². The molecule has 5 nitrogen and oxygen atoms in total. The van der Waals surface area contributed by atoms with Crippen molar-refractivity contribution in [3.8, 4) is 0 Å². The molecule has 27 heavy (non-hydrogen) atoms. The van der Waals surface area contributed by atoms with Gasteiger partial charge in [-0.3, -0.25) is 9.59 Å². The predicted molar refractivity (Wildman–Crippen MR) is 107 cm³/mol. The van der Waals surface area contributed by atoms with Gasteiger partial charge in [-0.25, -0.2) is 9.97 Å². The van der Waals surface area contributed by atoms with Crippen molar-refractivity contribution in [1.82, 2.24) is 14.9 Å². The molecule has 2 aromatic rings. The highest BCUT2D eigenvalue weighted by Gasteiger charge is 2.27. The van der Waals surface area contributed by atoms with E-state index in [4.69, 9.17) is 0 Å². The van der Waals surface area contributed by atoms with E-state index in [0.717, 1.165) is 24.1 Å². The molecule has 1 heterocycles. The molecule has 0 saturated carbocycles. The van der Waals surface area contributed by atoms with Crippen LogP contribution in [0, 0.1) is 0 Å². The fourth-order valence-corrected chi connectivity index (χ4v) is 3.82. The summed E-state index contributed by atoms with van der Waals surface area (Å²) in [6.07, 6.45) is 3.82. The summed E-state index contributed by atoms with van der Waals surface area (Å²) < 4.78 is 0. The Bertz CT molecular complexity index is 831. The van der Waals surface area contributed by atoms with E-state index >= 15 is 0 Å². The van der Waals surface area contributed by atoms with Gasteiger partial charge < -0.3 is 4.90 Å². The minimum Gasteiger partial charge on any atom is -0.333 e. The lowest BCUT2D eigenvalue weighted by atomic mass is 9.96. The molecule has 1 aromatic carbocycles. The van der Waals surface area contributed by atoms with Gasteiger partial charge in [-0.2, -0.15) is 0 Å². The highest BCUT2D eigenvalue weighted by atomic mass is 32.2. The van der Waals surface area contributed by atoms with Crippen molar-refractivity contribution in [1.29, 1.82) is 0 Å². The average molecular weight is 384 g/mol. The first-order valence-electron chi connectivity index (χ1n) is 9.21. The molecule has 142 valence electrons. The Balaban J connectivity index is 1.68. The normalized spacial score (nSPS) is 14.0. The van der Waals surface area contributed by atoms with Crippen LogP contribution in [0.3, 0.4) is 0 Å². The maximum absolute atomic E-state index is 12.9. The summed E-state index contributed by atoms with van der Waals surface area (Å²) in [6.45, 7) is 6.70. The first-order chi connectivity index (χ1) is 12.8. The highest BCUT2D eigenvalue weighted by Crippen LogP contribution is 2.24. The zero-order valence-electron chi connectivity index (χ0n) is 16.1. The maximum atomic E-state index is 12.9. The van der Waals surface area contributed by atoms with E-state index in [0.29, 0.717) is 23.7 Å². The van der Waals surface area contributed by atoms with E-state index in [2.05, 4.69) is 9.97 Å². The van der Waals surface area contributed by atoms with Crippen LogP contribution in [0.2, 0.25) is 0 Å². The fraction of sp³-hybridized carbons (Fsp3) is 0.429. The maximum Gasteiger partial charge on any atom is 0.233 e. The Morgan fingerprint density at radius 1 is 1.19 bits per heavy atom. The van der Waals surface area contributed by atoms with Crippen LogP contribution < -0.4 is 0 Å². The molecule has 0 aliphatic heterocycles. The van der Waals surface area contributed by atoms with Crippen molar-refractivity contribution in [3.63, 3.8) is 0 Å². The zero-order valence-corrected chi connectivity index (χ0v) is 16.9. The Morgan fingerprint density at radius 3 is 2.63 bits per heavy atom. The second-order valence-electron chi connectivity index (χ2n) is 7.71. The highest BCUT2D eigenvalue weighted by molar-refractivity contribution is 7.99. The second-order valence-corrected chi connectivity index (χ2v) is 8.66. The van der Waals surface area contributed by atoms with Crippen LogP contribution in [0.4, 0.5) is 0 Å². The number of aryl methyl sites for hydroxylation is 1. The van der Waals surface area contributed by atoms with Gasteiger partial charge in [-0.15, -0.1) is 0 Å². The Morgan fingerprint density at radius 2 is 1.93 bits per heavy atom. The zero-order chi connectivity index (χ0) is 19.4. The summed E-state index contributed by atoms with van der Waals surface area (Å²) in [4.78, 5) is 35.5. The Kier molecular flexibility index (Phi) is 5.95. The molecule has 3 rings (SSSR count). The molecule has 6 heteroatoms. The molecule has 0 atom stereocenters. The average Bonchev–Trinajstić information content (AvgIpc) is 2.64. The molecule has 0 fully saturated rings. The van der Waals surface area contributed by atoms with Gasteiger partial charge in [-0.1, -0.05) is 42.1 Å². The summed E-state index contributed by atoms with van der Waals surface area (Å²) in [6, 6.07) is 10.0. The van der Waals surface area contributed by atoms with Gasteiger partial charge in [0.25, 0.3) is 0 Å². The summed E-state index contributed by atoms with van der Waals surface area (Å²) in [5, 5.41) is 0.561. The number of rotatable bonds is 5. The minimum atomic E-state index is -0.281. The number of hydrogen-bond donors (Lipinski definition) is 0. The van der Waals surface area contributed by atoms with Crippen molar-refractivity contribution in [2.45, 2.75) is 57.3 Å². The van der Waals surface area contributed by atoms with Gasteiger partial charge in [0.1, 0.15) is 0 Å². The van der Waals surface area contributed by atoms with Crippen molar-refractivity contribution in [2.24, 2.45) is 0 Å². The lowest BCUT2D eigenvalue weighted by molar-refractivity contribution is -0.133. The van der Waals surface area contributed by atoms with Crippen LogP contribution in [0.15, 0.2) is 41.7 Å². The molecule has 0 spiro atoms. The van der Waals surface area contributed by atoms with Crippen LogP contribution in [0.1, 0.15) is 55.2 Å². The summed E-state index contributed by atoms with van der Waals surface area (Å²) in [5.41, 5.74) is 2.27. The third-order valence-electron chi connectivity index (χ3n) is 4.58. The van der Waals surface area contributed by atoms with E-state index in [1.807, 2.05) is 56.0 Å². The van der Waals surface area contributed by atoms with Gasteiger partial charge in [0.2, 0.25) is 5.91 Å². The van der Waals surface area contributed by atoms with Crippen molar-refractivity contribution in [3.05, 3.63) is 53.3 Å². The summed E-state index contributed by atoms with van der Waals surface area (Å²) in [7, 11) is 0. The van der Waals surface area contributed by atoms with Crippen LogP contribution in [0.25, 0.3) is 0 Å². The number of carbonyl (C=O) groups is 2. The number of carbonyl (C=O) groups excluding carboxylic acids is 2. The topological polar surface area (TPSA) is 63.2 Å². The number of aromatic nitrogens is 2. The molecule has 0 bridgehead atoms. The Hall–Kier alpha value is -2.21. The largest absolute Gasteiger partial charge is 0.333 e. The van der Waals surface area contributed by atoms with Crippen LogP contribution in [-0.2, 0) is 17.8 Å². The number of nitrogens with zero attached hydrogens (tertiary/aromatic N) is 3. The first kappa shape index (κ1) is 19.5. The number of hydrogen-bond acceptors (Lipinski definition) is 5. The van der Waals surface area contributed by atoms with Crippen LogP contribution >= 0.6 is 11.8 Å². The van der Waals surface area contributed by atoms with Crippen molar-refractivity contribution in [2.75, 3.05) is 5.75 Å². The molecule has 1 aromatic heterocycles. The molecule has 0 N–H and O–H groups in total. The number of amides is 1. The monoisotopic (exact) mass is 383 g/mol. The molecular weight excluding hydrogens is 358 g/mol. The SMILES string of the molecule is CC(C)(C)N(Cc1ccccc1)C(=O)CSc1ncc2c(n1)CCCC2=O. The van der Waals surface area contributed by atoms with Crippen LogP contribution in [0.5, 0.6) is 0 Å². The van der Waals surface area contributed by atoms with Crippen LogP contribution in [-0.4, -0.2) is 37.9 Å². The van der Waals surface area contributed by atoms with Gasteiger partial charge in [-0.05, 0) is 39.2 Å². The standard InChI is InChI=1S/C21H25N3O2S/c1-21(2,3)24(13-15-8-5-4-6-9-15)19(26)14-27-20-22-12-16-17(23-20)10-7-11-18(16)25/h4-6,8-9,12H,7,10-11,13-14H2,1-3H3. The number of fused-ring (bicyclic) bond motifs is 1. The third-order valence-corrected chi connectivity index (χ3v) is 5.43. The van der Waals surface area contributed by atoms with E-state index < -0.39 is 0 Å². The molecule has 1 aliphatic carbocycles. The lowest BCUT2D eigenvalue weighted by Gasteiger charge is -2.36. The number of thioether (sulfide) groups is 1. The summed E-state index contributed by atoms with van der Waals surface area (Å²) >= 11 is 1.33. The van der Waals surface area contributed by atoms with E-state index in [1.165, 1.54) is 11.8 Å². The molecule has 0 unspecified atom stereocenters. The third kappa shape index (κ3) is 4.95. The molecule has 1 aliphatic rings. The smallest absolute Gasteiger partial charge is 0.233 e. The number of benzene rings is 1. The molecule has 1 amide bonds. The number of ketones is 1. The molecule has 0 radical (unpaired) electrons. The quantitative estimate of drug-likeness (QED) is 0.578. The van der Waals surface area contributed by atoms with Gasteiger partial charge >= 0.3 is 0 Å². The number of Topliss-reactive ketones (excluding diaryl/α,β-unsaturated/α-hetero) is 1. The van der Waals surface area contributed by atoms with E-state index in [-0.39, 0.29) is 23.0 Å². The predicted octanol–water partition coefficient (Wildman–Crippen LogP) is 3.92. The molecule has 0 saturated heterocycles. The lowest BCUT2D eigenvalue weighted by Crippen LogP contribution is -2.45. The second kappa shape index (κ2) is 8.21. The van der Waals surface area contributed by atoms with Gasteiger partial charge in [0, 0.05) is 24.7 Å². The summed E-state index contributed by atoms with van der Waals surface area (Å²) in [5.74, 6) is 0.441. The van der Waals surface area contributed by atoms with E-state index in [1.54, 1.807) is 6.20 Å². The van der Waals surface area contributed by atoms with Gasteiger partial charge in [0.15, 0.2) is 10.9 Å². The minimum absolute atomic E-state index is 0.0498. The van der Waals surface area contributed by atoms with Crippen molar-refractivity contribution < 1.29 is 9.59 Å². The van der Waals surface area contributed by atoms with Gasteiger partial charge in [0.05, 0.1) is 17.0 Å². The molecular formula is C21H25N3O2S.